The zero-order valence-electron chi connectivity index (χ0n) is 38.1. The Morgan fingerprint density at radius 2 is 0.862 bits per heavy atom. The maximum absolute atomic E-state index is 13.0. The molecule has 9 heteroatoms. The van der Waals surface area contributed by atoms with Gasteiger partial charge in [0, 0.05) is 6.42 Å². The molecule has 0 radical (unpaired) electrons. The lowest BCUT2D eigenvalue weighted by atomic mass is 9.99. The maximum atomic E-state index is 13.0. The fourth-order valence-corrected chi connectivity index (χ4v) is 8.40. The van der Waals surface area contributed by atoms with E-state index in [1.54, 1.807) is 0 Å². The Kier molecular flexibility index (Phi) is 38.3. The van der Waals surface area contributed by atoms with Gasteiger partial charge in [0.1, 0.15) is 24.4 Å². The van der Waals surface area contributed by atoms with Gasteiger partial charge in [-0.2, -0.15) is 0 Å². The van der Waals surface area contributed by atoms with Crippen LogP contribution in [0.2, 0.25) is 0 Å². The van der Waals surface area contributed by atoms with Crippen molar-refractivity contribution >= 4 is 5.91 Å². The van der Waals surface area contributed by atoms with Gasteiger partial charge >= 0.3 is 0 Å². The summed E-state index contributed by atoms with van der Waals surface area (Å²) in [6.07, 6.45) is 38.6. The van der Waals surface area contributed by atoms with Gasteiger partial charge in [-0.15, -0.1) is 0 Å². The van der Waals surface area contributed by atoms with Crippen molar-refractivity contribution in [2.24, 2.45) is 0 Å². The average molecular weight is 828 g/mol. The van der Waals surface area contributed by atoms with E-state index in [1.165, 1.54) is 186 Å². The summed E-state index contributed by atoms with van der Waals surface area (Å²) in [6.45, 7) is 3.83. The number of carbonyl (C=O) groups is 1. The SMILES string of the molecule is CCCCCCCCCCCCCCCCCCCCCCCCCCCCC(=O)NC(COC1OC(CO)C(O)C(O)C1O)C(O)CCCCCCCCCCC. The van der Waals surface area contributed by atoms with Gasteiger partial charge in [-0.05, 0) is 12.8 Å². The highest BCUT2D eigenvalue weighted by Crippen LogP contribution is 2.23. The highest BCUT2D eigenvalue weighted by Gasteiger charge is 2.44. The van der Waals surface area contributed by atoms with Crippen molar-refractivity contribution < 1.29 is 39.8 Å². The van der Waals surface area contributed by atoms with Crippen LogP contribution in [0.4, 0.5) is 0 Å². The summed E-state index contributed by atoms with van der Waals surface area (Å²) in [6, 6.07) is -0.710. The fourth-order valence-electron chi connectivity index (χ4n) is 8.40. The first kappa shape index (κ1) is 55.2. The Morgan fingerprint density at radius 3 is 1.22 bits per heavy atom. The molecule has 9 nitrogen and oxygen atoms in total. The second kappa shape index (κ2) is 40.3. The molecule has 1 rings (SSSR count). The van der Waals surface area contributed by atoms with Crippen LogP contribution in [-0.2, 0) is 14.3 Å². The number of unbranched alkanes of at least 4 members (excludes halogenated alkanes) is 33. The summed E-state index contributed by atoms with van der Waals surface area (Å²) in [5.74, 6) is -0.141. The van der Waals surface area contributed by atoms with Crippen molar-refractivity contribution in [1.29, 1.82) is 0 Å². The van der Waals surface area contributed by atoms with Gasteiger partial charge in [0.25, 0.3) is 0 Å². The average Bonchev–Trinajstić information content (AvgIpc) is 3.22. The highest BCUT2D eigenvalue weighted by atomic mass is 16.7. The Balaban J connectivity index is 2.13. The number of carbonyl (C=O) groups excluding carboxylic acids is 1. The van der Waals surface area contributed by atoms with Gasteiger partial charge in [-0.25, -0.2) is 0 Å². The summed E-state index contributed by atoms with van der Waals surface area (Å²) >= 11 is 0. The van der Waals surface area contributed by atoms with Crippen molar-refractivity contribution in [1.82, 2.24) is 5.32 Å². The molecule has 58 heavy (non-hydrogen) atoms. The molecule has 7 unspecified atom stereocenters. The van der Waals surface area contributed by atoms with Crippen molar-refractivity contribution in [3.63, 3.8) is 0 Å². The third-order valence-electron chi connectivity index (χ3n) is 12.5. The van der Waals surface area contributed by atoms with Crippen molar-refractivity contribution in [3.8, 4) is 0 Å². The second-order valence-corrected chi connectivity index (χ2v) is 18.0. The smallest absolute Gasteiger partial charge is 0.220 e. The van der Waals surface area contributed by atoms with Gasteiger partial charge in [-0.1, -0.05) is 232 Å². The van der Waals surface area contributed by atoms with Crippen LogP contribution in [0.1, 0.15) is 251 Å². The summed E-state index contributed by atoms with van der Waals surface area (Å²) in [7, 11) is 0. The molecule has 1 amide bonds. The van der Waals surface area contributed by atoms with Crippen LogP contribution >= 0.6 is 0 Å². The Bertz CT molecular complexity index is 878. The third kappa shape index (κ3) is 30.3. The molecule has 1 aliphatic rings. The number of hydrogen-bond donors (Lipinski definition) is 6. The molecule has 346 valence electrons. The molecule has 0 saturated carbocycles. The normalized spacial score (nSPS) is 20.7. The van der Waals surface area contributed by atoms with Crippen LogP contribution in [-0.4, -0.2) is 87.5 Å². The zero-order chi connectivity index (χ0) is 42.3. The van der Waals surface area contributed by atoms with Gasteiger partial charge in [0.15, 0.2) is 6.29 Å². The molecular formula is C49H97NO8. The summed E-state index contributed by atoms with van der Waals surface area (Å²) in [5, 5.41) is 54.2. The van der Waals surface area contributed by atoms with E-state index in [2.05, 4.69) is 19.2 Å². The van der Waals surface area contributed by atoms with E-state index >= 15 is 0 Å². The molecule has 0 aromatic rings. The standard InChI is InChI=1S/C49H97NO8/c1-3-5-7-9-11-13-14-15-16-17-18-19-20-21-22-23-24-25-26-27-28-29-31-33-35-37-39-45(53)50-42(43(52)38-36-34-32-30-12-10-8-6-4-2)41-57-49-48(56)47(55)46(54)44(40-51)58-49/h42-44,46-49,51-52,54-56H,3-41H2,1-2H3,(H,50,53). The molecule has 1 saturated heterocycles. The largest absolute Gasteiger partial charge is 0.394 e. The number of aliphatic hydroxyl groups is 5. The number of amides is 1. The van der Waals surface area contributed by atoms with Crippen LogP contribution in [0, 0.1) is 0 Å². The Labute approximate surface area is 357 Å². The third-order valence-corrected chi connectivity index (χ3v) is 12.5. The first-order valence-electron chi connectivity index (χ1n) is 25.2. The van der Waals surface area contributed by atoms with Crippen LogP contribution in [0.5, 0.6) is 0 Å². The summed E-state index contributed by atoms with van der Waals surface area (Å²) in [5.41, 5.74) is 0. The molecule has 1 fully saturated rings. The van der Waals surface area contributed by atoms with Gasteiger partial charge in [0.2, 0.25) is 5.91 Å². The molecule has 0 aromatic heterocycles. The Morgan fingerprint density at radius 1 is 0.517 bits per heavy atom. The Hall–Kier alpha value is -0.810. The molecule has 0 aliphatic carbocycles. The molecule has 0 bridgehead atoms. The van der Waals surface area contributed by atoms with Crippen molar-refractivity contribution in [2.75, 3.05) is 13.2 Å². The minimum absolute atomic E-state index is 0.132. The molecular weight excluding hydrogens is 731 g/mol. The lowest BCUT2D eigenvalue weighted by Gasteiger charge is -2.40. The van der Waals surface area contributed by atoms with Gasteiger partial charge < -0.3 is 40.3 Å². The number of nitrogens with one attached hydrogen (secondary N) is 1. The fraction of sp³-hybridized carbons (Fsp3) is 0.980. The predicted octanol–water partition coefficient (Wildman–Crippen LogP) is 11.1. The summed E-state index contributed by atoms with van der Waals surface area (Å²) in [4.78, 5) is 13.0. The zero-order valence-corrected chi connectivity index (χ0v) is 38.1. The van der Waals surface area contributed by atoms with Crippen LogP contribution in [0.25, 0.3) is 0 Å². The van der Waals surface area contributed by atoms with Gasteiger partial charge in [-0.3, -0.25) is 4.79 Å². The number of rotatable bonds is 43. The summed E-state index contributed by atoms with van der Waals surface area (Å²) < 4.78 is 11.2. The maximum Gasteiger partial charge on any atom is 0.220 e. The number of hydrogen-bond acceptors (Lipinski definition) is 8. The van der Waals surface area contributed by atoms with Crippen LogP contribution < -0.4 is 5.32 Å². The van der Waals surface area contributed by atoms with Crippen molar-refractivity contribution in [2.45, 2.75) is 294 Å². The van der Waals surface area contributed by atoms with E-state index in [0.717, 1.165) is 38.5 Å². The van der Waals surface area contributed by atoms with E-state index in [9.17, 15) is 30.3 Å². The molecule has 1 aliphatic heterocycles. The van der Waals surface area contributed by atoms with E-state index in [0.29, 0.717) is 12.8 Å². The lowest BCUT2D eigenvalue weighted by Crippen LogP contribution is -2.60. The second-order valence-electron chi connectivity index (χ2n) is 18.0. The first-order chi connectivity index (χ1) is 28.3. The van der Waals surface area contributed by atoms with E-state index in [4.69, 9.17) is 9.47 Å². The molecule has 0 aromatic carbocycles. The van der Waals surface area contributed by atoms with Crippen LogP contribution in [0.3, 0.4) is 0 Å². The van der Waals surface area contributed by atoms with Gasteiger partial charge in [0.05, 0.1) is 25.4 Å². The minimum Gasteiger partial charge on any atom is -0.394 e. The molecule has 0 spiro atoms. The minimum atomic E-state index is -1.55. The van der Waals surface area contributed by atoms with E-state index in [-0.39, 0.29) is 12.5 Å². The first-order valence-corrected chi connectivity index (χ1v) is 25.2. The molecule has 1 heterocycles. The number of aliphatic hydroxyl groups excluding tert-OH is 5. The molecule has 6 N–H and O–H groups in total. The number of ether oxygens (including phenoxy) is 2. The van der Waals surface area contributed by atoms with Crippen molar-refractivity contribution in [3.05, 3.63) is 0 Å². The highest BCUT2D eigenvalue weighted by molar-refractivity contribution is 5.76. The van der Waals surface area contributed by atoms with E-state index in [1.807, 2.05) is 0 Å². The monoisotopic (exact) mass is 828 g/mol. The van der Waals surface area contributed by atoms with E-state index < -0.39 is 49.5 Å². The molecule has 7 atom stereocenters. The predicted molar refractivity (Wildman–Crippen MR) is 240 cm³/mol. The quantitative estimate of drug-likeness (QED) is 0.0333. The topological polar surface area (TPSA) is 149 Å². The van der Waals surface area contributed by atoms with Crippen LogP contribution in [0.15, 0.2) is 0 Å². The lowest BCUT2D eigenvalue weighted by molar-refractivity contribution is -0.302.